The van der Waals surface area contributed by atoms with E-state index in [4.69, 9.17) is 15.2 Å². The molecule has 0 unspecified atom stereocenters. The second-order valence-corrected chi connectivity index (χ2v) is 14.3. The Balaban J connectivity index is 0.919. The third-order valence-electron chi connectivity index (χ3n) is 10.7. The molecule has 284 valence electrons. The van der Waals surface area contributed by atoms with Gasteiger partial charge >= 0.3 is 6.09 Å². The van der Waals surface area contributed by atoms with E-state index in [9.17, 15) is 24.2 Å². The minimum absolute atomic E-state index is 0.0294. The van der Waals surface area contributed by atoms with Gasteiger partial charge in [0.15, 0.2) is 17.7 Å². The van der Waals surface area contributed by atoms with E-state index in [1.165, 1.54) is 18.2 Å². The molecule has 3 aliphatic rings. The molecule has 6 N–H and O–H groups in total. The SMILES string of the molecule is NC(=O)O[C@H](c1cccc(OCCCCCCCCCNC[C@H](O)c2ccc(O)c3[nH]c(=O)ccc23)c1)c1ccc(F)c(F)c1[C@@H]1CN2CCC1CC2. The van der Waals surface area contributed by atoms with Gasteiger partial charge in [0.05, 0.1) is 18.2 Å². The summed E-state index contributed by atoms with van der Waals surface area (Å²) in [6.45, 7) is 4.20. The fraction of sp³-hybridized carbons (Fsp3) is 0.463. The predicted molar refractivity (Wildman–Crippen MR) is 199 cm³/mol. The van der Waals surface area contributed by atoms with Crippen molar-refractivity contribution in [1.29, 1.82) is 0 Å². The number of nitrogens with zero attached hydrogens (tertiary/aromatic N) is 1. The third kappa shape index (κ3) is 9.54. The van der Waals surface area contributed by atoms with Crippen molar-refractivity contribution in [1.82, 2.24) is 15.2 Å². The molecular weight excluding hydrogens is 682 g/mol. The summed E-state index contributed by atoms with van der Waals surface area (Å²) in [6.07, 6.45) is 6.30. The lowest BCUT2D eigenvalue weighted by Gasteiger charge is -2.45. The number of carbonyl (C=O) groups excluding carboxylic acids is 1. The first-order valence-corrected chi connectivity index (χ1v) is 18.8. The third-order valence-corrected chi connectivity index (χ3v) is 10.7. The summed E-state index contributed by atoms with van der Waals surface area (Å²) in [5.74, 6) is -1.21. The number of amides is 1. The number of pyridine rings is 1. The average molecular weight is 733 g/mol. The van der Waals surface area contributed by atoms with Crippen LogP contribution in [0.15, 0.2) is 65.5 Å². The van der Waals surface area contributed by atoms with Gasteiger partial charge in [-0.2, -0.15) is 0 Å². The summed E-state index contributed by atoms with van der Waals surface area (Å²) >= 11 is 0. The van der Waals surface area contributed by atoms with E-state index >= 15 is 4.39 Å². The van der Waals surface area contributed by atoms with E-state index in [0.717, 1.165) is 83.5 Å². The van der Waals surface area contributed by atoms with Gasteiger partial charge in [-0.1, -0.05) is 56.4 Å². The standard InChI is InChI=1S/C41H50F2N4O6/c42-33-14-11-31(37(38(33)43)32-25-47-20-17-26(32)18-21-47)40(53-41(44)51)27-9-8-10-28(23-27)52-22-7-5-3-1-2-4-6-19-45-24-35(49)29-12-15-34(48)39-30(29)13-16-36(50)46-39/h8-16,23,26,32,35,40,45,48-49H,1-7,17-22,24-25H2,(H2,44,51)(H,46,50)/t32-,35+,40-/m1/s1. The van der Waals surface area contributed by atoms with Gasteiger partial charge in [-0.15, -0.1) is 0 Å². The topological polar surface area (TPSA) is 150 Å². The van der Waals surface area contributed by atoms with Crippen molar-refractivity contribution < 1.29 is 33.3 Å². The molecule has 4 heterocycles. The minimum Gasteiger partial charge on any atom is -0.506 e. The van der Waals surface area contributed by atoms with Crippen LogP contribution in [0.4, 0.5) is 13.6 Å². The molecule has 1 amide bonds. The van der Waals surface area contributed by atoms with Crippen molar-refractivity contribution in [3.63, 3.8) is 0 Å². The number of aromatic amines is 1. The number of nitrogens with one attached hydrogen (secondary N) is 2. The van der Waals surface area contributed by atoms with E-state index in [2.05, 4.69) is 15.2 Å². The first-order chi connectivity index (χ1) is 25.7. The van der Waals surface area contributed by atoms with Crippen LogP contribution in [-0.4, -0.2) is 65.5 Å². The number of nitrogens with two attached hydrogens (primary N) is 1. The Hall–Kier alpha value is -4.52. The Kier molecular flexibility index (Phi) is 13.0. The highest BCUT2D eigenvalue weighted by molar-refractivity contribution is 5.87. The number of aromatic hydroxyl groups is 1. The Morgan fingerprint density at radius 1 is 0.962 bits per heavy atom. The zero-order chi connectivity index (χ0) is 37.3. The minimum atomic E-state index is -1.01. The molecule has 1 aromatic heterocycles. The molecule has 4 aromatic rings. The number of H-pyrrole nitrogens is 1. The molecule has 12 heteroatoms. The van der Waals surface area contributed by atoms with Crippen LogP contribution in [0.25, 0.3) is 10.9 Å². The van der Waals surface area contributed by atoms with Crippen LogP contribution in [0, 0.1) is 17.6 Å². The molecule has 3 atom stereocenters. The molecule has 0 saturated carbocycles. The Morgan fingerprint density at radius 2 is 1.70 bits per heavy atom. The number of ether oxygens (including phenoxy) is 2. The second-order valence-electron chi connectivity index (χ2n) is 14.3. The fourth-order valence-corrected chi connectivity index (χ4v) is 8.00. The van der Waals surface area contributed by atoms with Gasteiger partial charge in [0, 0.05) is 47.2 Å². The van der Waals surface area contributed by atoms with Crippen molar-refractivity contribution in [3.8, 4) is 11.5 Å². The first kappa shape index (κ1) is 38.2. The smallest absolute Gasteiger partial charge is 0.405 e. The maximum absolute atomic E-state index is 15.6. The number of carbonyl (C=O) groups is 1. The van der Waals surface area contributed by atoms with Crippen LogP contribution in [0.1, 0.15) is 98.2 Å². The van der Waals surface area contributed by atoms with Gasteiger partial charge in [-0.3, -0.25) is 4.79 Å². The number of piperidine rings is 3. The van der Waals surface area contributed by atoms with E-state index < -0.39 is 29.9 Å². The Bertz CT molecular complexity index is 1910. The number of unbranched alkanes of at least 4 members (excludes halogenated alkanes) is 6. The van der Waals surface area contributed by atoms with Crippen LogP contribution in [-0.2, 0) is 4.74 Å². The number of aromatic nitrogens is 1. The normalized spacial score (nSPS) is 19.3. The molecule has 3 saturated heterocycles. The lowest BCUT2D eigenvalue weighted by molar-refractivity contribution is 0.0825. The van der Waals surface area contributed by atoms with E-state index in [-0.39, 0.29) is 28.7 Å². The van der Waals surface area contributed by atoms with Crippen molar-refractivity contribution in [2.45, 2.75) is 75.9 Å². The number of benzene rings is 3. The van der Waals surface area contributed by atoms with Crippen LogP contribution in [0.5, 0.6) is 11.5 Å². The van der Waals surface area contributed by atoms with Crippen molar-refractivity contribution in [2.24, 2.45) is 11.7 Å². The molecule has 3 aromatic carbocycles. The van der Waals surface area contributed by atoms with Gasteiger partial charge in [0.25, 0.3) is 0 Å². The maximum Gasteiger partial charge on any atom is 0.405 e. The highest BCUT2D eigenvalue weighted by Gasteiger charge is 2.39. The Morgan fingerprint density at radius 3 is 2.43 bits per heavy atom. The molecule has 10 nitrogen and oxygen atoms in total. The number of rotatable bonds is 18. The van der Waals surface area contributed by atoms with Crippen LogP contribution >= 0.6 is 0 Å². The van der Waals surface area contributed by atoms with Crippen molar-refractivity contribution in [2.75, 3.05) is 39.3 Å². The molecule has 0 spiro atoms. The summed E-state index contributed by atoms with van der Waals surface area (Å²) in [5.41, 5.74) is 7.42. The lowest BCUT2D eigenvalue weighted by atomic mass is 9.73. The second kappa shape index (κ2) is 18.0. The molecule has 7 rings (SSSR count). The summed E-state index contributed by atoms with van der Waals surface area (Å²) < 4.78 is 41.9. The monoisotopic (exact) mass is 732 g/mol. The number of primary amides is 1. The summed E-state index contributed by atoms with van der Waals surface area (Å²) in [5, 5.41) is 24.7. The average Bonchev–Trinajstić information content (AvgIpc) is 3.16. The number of fused-ring (bicyclic) bond motifs is 4. The summed E-state index contributed by atoms with van der Waals surface area (Å²) in [4.78, 5) is 28.6. The number of aliphatic hydroxyl groups excluding tert-OH is 1. The zero-order valence-corrected chi connectivity index (χ0v) is 30.0. The molecular formula is C41H50F2N4O6. The van der Waals surface area contributed by atoms with Gasteiger partial charge < -0.3 is 40.6 Å². The Labute approximate surface area is 308 Å². The molecule has 3 fully saturated rings. The lowest BCUT2D eigenvalue weighted by Crippen LogP contribution is -2.46. The number of halogens is 2. The van der Waals surface area contributed by atoms with Crippen LogP contribution < -0.4 is 21.3 Å². The number of phenolic OH excluding ortho intramolecular Hbond substituents is 1. The van der Waals surface area contributed by atoms with Gasteiger partial charge in [-0.05, 0) is 87.1 Å². The zero-order valence-electron chi connectivity index (χ0n) is 30.0. The number of aliphatic hydroxyl groups is 1. The van der Waals surface area contributed by atoms with Crippen molar-refractivity contribution in [3.05, 3.63) is 105 Å². The highest BCUT2D eigenvalue weighted by atomic mass is 19.2. The van der Waals surface area contributed by atoms with Crippen LogP contribution in [0.2, 0.25) is 0 Å². The number of hydrogen-bond acceptors (Lipinski definition) is 8. The maximum atomic E-state index is 15.6. The molecule has 2 bridgehead atoms. The molecule has 0 radical (unpaired) electrons. The molecule has 0 aliphatic carbocycles. The van der Waals surface area contributed by atoms with Gasteiger partial charge in [0.1, 0.15) is 11.5 Å². The summed E-state index contributed by atoms with van der Waals surface area (Å²) in [7, 11) is 0. The molecule has 53 heavy (non-hydrogen) atoms. The largest absolute Gasteiger partial charge is 0.506 e. The fourth-order valence-electron chi connectivity index (χ4n) is 8.00. The number of hydrogen-bond donors (Lipinski definition) is 5. The quantitative estimate of drug-likeness (QED) is 0.0691. The first-order valence-electron chi connectivity index (χ1n) is 18.8. The van der Waals surface area contributed by atoms with E-state index in [0.29, 0.717) is 53.0 Å². The summed E-state index contributed by atoms with van der Waals surface area (Å²) in [6, 6.07) is 15.9. The van der Waals surface area contributed by atoms with Gasteiger partial charge in [-0.25, -0.2) is 13.6 Å². The molecule has 3 aliphatic heterocycles. The van der Waals surface area contributed by atoms with E-state index in [1.807, 2.05) is 6.07 Å². The van der Waals surface area contributed by atoms with E-state index in [1.54, 1.807) is 30.3 Å². The van der Waals surface area contributed by atoms with Crippen LogP contribution in [0.3, 0.4) is 0 Å². The highest BCUT2D eigenvalue weighted by Crippen LogP contribution is 2.44. The number of phenols is 1. The van der Waals surface area contributed by atoms with Gasteiger partial charge in [0.2, 0.25) is 5.56 Å². The van der Waals surface area contributed by atoms with Crippen molar-refractivity contribution >= 4 is 17.0 Å². The predicted octanol–water partition coefficient (Wildman–Crippen LogP) is 6.94.